The molecule has 27 heavy (non-hydrogen) atoms. The smallest absolute Gasteiger partial charge is 0.273 e. The molecule has 5 rings (SSSR count). The van der Waals surface area contributed by atoms with Crippen molar-refractivity contribution in [3.05, 3.63) is 45.3 Å². The first-order valence-electron chi connectivity index (χ1n) is 7.73. The van der Waals surface area contributed by atoms with E-state index in [4.69, 9.17) is 26.4 Å². The normalized spacial score (nSPS) is 21.3. The number of imidazole rings is 1. The predicted octanol–water partition coefficient (Wildman–Crippen LogP) is -0.186. The Balaban J connectivity index is 1.47. The van der Waals surface area contributed by atoms with E-state index in [1.807, 2.05) is 0 Å². The highest BCUT2D eigenvalue weighted by Crippen LogP contribution is 2.44. The molecule has 0 spiro atoms. The molecule has 1 aromatic heterocycles. The minimum absolute atomic E-state index is 0.187. The summed E-state index contributed by atoms with van der Waals surface area (Å²) in [5, 5.41) is 5.86. The van der Waals surface area contributed by atoms with Crippen molar-refractivity contribution < 1.29 is 19.0 Å². The van der Waals surface area contributed by atoms with E-state index in [0.717, 1.165) is 17.4 Å². The number of rotatable bonds is 1. The van der Waals surface area contributed by atoms with Gasteiger partial charge in [0.25, 0.3) is 11.5 Å². The Morgan fingerprint density at radius 2 is 1.85 bits per heavy atom. The number of fused-ring (bicyclic) bond motifs is 2. The van der Waals surface area contributed by atoms with Crippen LogP contribution in [0, 0.1) is 0 Å². The molecule has 11 heteroatoms. The molecule has 3 aliphatic heterocycles. The molecule has 1 aromatic carbocycles. The zero-order valence-electron chi connectivity index (χ0n) is 13.4. The summed E-state index contributed by atoms with van der Waals surface area (Å²) in [6, 6.07) is 3.52. The molecule has 0 radical (unpaired) electrons. The minimum atomic E-state index is -0.364. The lowest BCUT2D eigenvalue weighted by Crippen LogP contribution is -2.22. The average molecular weight is 402 g/mol. The highest BCUT2D eigenvalue weighted by atomic mass is 32.2. The highest BCUT2D eigenvalue weighted by molar-refractivity contribution is 8.30. The quantitative estimate of drug-likeness (QED) is 0.485. The van der Waals surface area contributed by atoms with E-state index in [0.29, 0.717) is 37.8 Å². The molecule has 0 saturated carbocycles. The van der Waals surface area contributed by atoms with Gasteiger partial charge in [-0.15, -0.1) is 0 Å². The zero-order valence-corrected chi connectivity index (χ0v) is 15.0. The first-order chi connectivity index (χ1) is 13.1. The molecule has 0 aliphatic carbocycles. The van der Waals surface area contributed by atoms with Crippen LogP contribution in [0.3, 0.4) is 0 Å². The molecule has 0 bridgehead atoms. The lowest BCUT2D eigenvalue weighted by atomic mass is 10.2. The number of ether oxygens (including phenoxy) is 3. The first kappa shape index (κ1) is 16.0. The van der Waals surface area contributed by atoms with Crippen molar-refractivity contribution in [1.29, 1.82) is 0 Å². The summed E-state index contributed by atoms with van der Waals surface area (Å²) in [7, 11) is 0. The van der Waals surface area contributed by atoms with Crippen molar-refractivity contribution in [3.8, 4) is 17.2 Å². The fourth-order valence-corrected chi connectivity index (χ4v) is 3.75. The summed E-state index contributed by atoms with van der Waals surface area (Å²) < 4.78 is 16.7. The van der Waals surface area contributed by atoms with Gasteiger partial charge in [-0.05, 0) is 6.08 Å². The van der Waals surface area contributed by atoms with Gasteiger partial charge in [0.1, 0.15) is 20.1 Å². The molecule has 2 aromatic rings. The first-order valence-corrected chi connectivity index (χ1v) is 8.95. The van der Waals surface area contributed by atoms with Crippen LogP contribution in [0.1, 0.15) is 0 Å². The number of aromatic amines is 2. The van der Waals surface area contributed by atoms with Gasteiger partial charge in [-0.25, -0.2) is 0 Å². The molecule has 9 nitrogen and oxygen atoms in total. The monoisotopic (exact) mass is 402 g/mol. The maximum atomic E-state index is 12.1. The number of thioether (sulfide) groups is 1. The Morgan fingerprint density at radius 1 is 1.04 bits per heavy atom. The number of hydrogen-bond donors (Lipinski definition) is 4. The molecule has 1 amide bonds. The Kier molecular flexibility index (Phi) is 3.52. The number of carbonyl (C=O) groups excluding carboxylic acids is 1. The lowest BCUT2D eigenvalue weighted by molar-refractivity contribution is -0.113. The SMILES string of the molecule is O=C1NC(=S)S/C1=c1/[nH]c(=O)/c(=C\C=C2\Nc3cc4c(cc3O2)OCO4)[nH]1. The van der Waals surface area contributed by atoms with Crippen LogP contribution < -0.4 is 41.2 Å². The zero-order chi connectivity index (χ0) is 18.5. The second-order valence-electron chi connectivity index (χ2n) is 5.67. The summed E-state index contributed by atoms with van der Waals surface area (Å²) >= 11 is 6.04. The fraction of sp³-hybridized carbons (Fsp3) is 0.0625. The number of nitrogens with one attached hydrogen (secondary N) is 4. The summed E-state index contributed by atoms with van der Waals surface area (Å²) in [6.07, 6.45) is 3.16. The molecule has 1 fully saturated rings. The van der Waals surface area contributed by atoms with Gasteiger partial charge < -0.3 is 34.8 Å². The highest BCUT2D eigenvalue weighted by Gasteiger charge is 2.25. The Morgan fingerprint density at radius 3 is 2.63 bits per heavy atom. The third kappa shape index (κ3) is 2.76. The predicted molar refractivity (Wildman–Crippen MR) is 102 cm³/mol. The molecule has 3 aliphatic rings. The van der Waals surface area contributed by atoms with E-state index in [-0.39, 0.29) is 23.6 Å². The second-order valence-corrected chi connectivity index (χ2v) is 7.35. The molecule has 1 saturated heterocycles. The molecular formula is C16H10N4O5S2. The molecular weight excluding hydrogens is 392 g/mol. The summed E-state index contributed by atoms with van der Waals surface area (Å²) in [5.74, 6) is 1.95. The average Bonchev–Trinajstić information content (AvgIpc) is 3.37. The van der Waals surface area contributed by atoms with Crippen molar-refractivity contribution in [2.75, 3.05) is 12.1 Å². The van der Waals surface area contributed by atoms with Gasteiger partial charge in [0.15, 0.2) is 23.1 Å². The van der Waals surface area contributed by atoms with E-state index in [1.54, 1.807) is 24.3 Å². The van der Waals surface area contributed by atoms with Gasteiger partial charge in [0.05, 0.1) is 5.69 Å². The Hall–Kier alpha value is -3.18. The van der Waals surface area contributed by atoms with Crippen molar-refractivity contribution in [2.45, 2.75) is 0 Å². The lowest BCUT2D eigenvalue weighted by Gasteiger charge is -1.98. The van der Waals surface area contributed by atoms with Gasteiger partial charge in [-0.2, -0.15) is 0 Å². The number of allylic oxidation sites excluding steroid dienone is 1. The van der Waals surface area contributed by atoms with Crippen LogP contribution in [0.25, 0.3) is 11.0 Å². The molecule has 4 N–H and O–H groups in total. The van der Waals surface area contributed by atoms with Crippen LogP contribution in [-0.2, 0) is 4.79 Å². The van der Waals surface area contributed by atoms with Crippen molar-refractivity contribution in [3.63, 3.8) is 0 Å². The fourth-order valence-electron chi connectivity index (χ4n) is 2.73. The number of carbonyl (C=O) groups is 1. The Labute approximate surface area is 160 Å². The second kappa shape index (κ2) is 5.93. The van der Waals surface area contributed by atoms with E-state index in [1.165, 1.54) is 0 Å². The van der Waals surface area contributed by atoms with Crippen LogP contribution in [0.4, 0.5) is 5.69 Å². The maximum absolute atomic E-state index is 12.1. The third-order valence-electron chi connectivity index (χ3n) is 3.94. The summed E-state index contributed by atoms with van der Waals surface area (Å²) in [5.41, 5.74) is 0.682. The number of H-pyrrole nitrogens is 2. The minimum Gasteiger partial charge on any atom is -0.454 e. The Bertz CT molecular complexity index is 1190. The van der Waals surface area contributed by atoms with Gasteiger partial charge in [-0.3, -0.25) is 9.59 Å². The number of aromatic nitrogens is 2. The number of hydrogen-bond acceptors (Lipinski definition) is 8. The molecule has 0 unspecified atom stereocenters. The van der Waals surface area contributed by atoms with E-state index in [2.05, 4.69) is 20.6 Å². The number of amides is 1. The topological polar surface area (TPSA) is 117 Å². The van der Waals surface area contributed by atoms with Crippen molar-refractivity contribution >= 4 is 50.9 Å². The molecule has 0 atom stereocenters. The maximum Gasteiger partial charge on any atom is 0.273 e. The molecule has 4 heterocycles. The van der Waals surface area contributed by atoms with Gasteiger partial charge >= 0.3 is 0 Å². The summed E-state index contributed by atoms with van der Waals surface area (Å²) in [6.45, 7) is 0.187. The number of thiocarbonyl (C=S) groups is 1. The van der Waals surface area contributed by atoms with Crippen LogP contribution in [0.2, 0.25) is 0 Å². The number of benzene rings is 1. The molecule has 136 valence electrons. The van der Waals surface area contributed by atoms with Gasteiger partial charge in [-0.1, -0.05) is 24.0 Å². The van der Waals surface area contributed by atoms with Crippen LogP contribution in [0.5, 0.6) is 17.2 Å². The number of anilines is 1. The van der Waals surface area contributed by atoms with Crippen LogP contribution in [-0.4, -0.2) is 27.0 Å². The van der Waals surface area contributed by atoms with Crippen molar-refractivity contribution in [2.24, 2.45) is 0 Å². The standard InChI is InChI=1S/C16H10N4O5S2/c21-14-6(18-13(19-14)12-15(22)20-16(26)27-12)1-2-11-17-7-3-9-10(24-5-23-9)4-8(7)25-11/h1-4,17-18H,5H2,(H,19,21)(H,20,22,26)/b6-1+,11-2-,13-12+. The third-order valence-corrected chi connectivity index (χ3v) is 5.17. The van der Waals surface area contributed by atoms with Crippen LogP contribution >= 0.6 is 24.0 Å². The largest absolute Gasteiger partial charge is 0.454 e. The van der Waals surface area contributed by atoms with Gasteiger partial charge in [0.2, 0.25) is 6.79 Å². The van der Waals surface area contributed by atoms with E-state index < -0.39 is 0 Å². The van der Waals surface area contributed by atoms with Crippen molar-refractivity contribution in [1.82, 2.24) is 15.3 Å². The van der Waals surface area contributed by atoms with Gasteiger partial charge in [0, 0.05) is 18.2 Å². The van der Waals surface area contributed by atoms with Crippen LogP contribution in [0.15, 0.2) is 28.9 Å². The van der Waals surface area contributed by atoms with E-state index in [9.17, 15) is 9.59 Å². The van der Waals surface area contributed by atoms with E-state index >= 15 is 0 Å². The summed E-state index contributed by atoms with van der Waals surface area (Å²) in [4.78, 5) is 29.8.